The van der Waals surface area contributed by atoms with Gasteiger partial charge in [0.15, 0.2) is 0 Å². The van der Waals surface area contributed by atoms with Crippen LogP contribution in [-0.4, -0.2) is 17.2 Å². The van der Waals surface area contributed by atoms with Gasteiger partial charge in [0.1, 0.15) is 6.61 Å². The van der Waals surface area contributed by atoms with Crippen molar-refractivity contribution in [3.63, 3.8) is 0 Å². The van der Waals surface area contributed by atoms with Crippen molar-refractivity contribution in [2.24, 2.45) is 56.2 Å². The van der Waals surface area contributed by atoms with Crippen molar-refractivity contribution < 1.29 is 14.6 Å². The maximum atomic E-state index is 13.6. The Balaban J connectivity index is 1.26. The van der Waals surface area contributed by atoms with Crippen LogP contribution >= 0.6 is 0 Å². The molecule has 3 heteroatoms. The van der Waals surface area contributed by atoms with Gasteiger partial charge in [0.25, 0.3) is 0 Å². The Labute approximate surface area is 244 Å². The summed E-state index contributed by atoms with van der Waals surface area (Å²) in [6.07, 6.45) is 12.8. The van der Waals surface area contributed by atoms with Gasteiger partial charge in [0.05, 0.1) is 11.5 Å². The van der Waals surface area contributed by atoms with E-state index >= 15 is 0 Å². The molecule has 5 unspecified atom stereocenters. The molecule has 0 saturated heterocycles. The monoisotopic (exact) mass is 548 g/mol. The second kappa shape index (κ2) is 9.32. The topological polar surface area (TPSA) is 46.5 Å². The van der Waals surface area contributed by atoms with Crippen molar-refractivity contribution in [2.75, 3.05) is 0 Å². The normalized spacial score (nSPS) is 49.5. The van der Waals surface area contributed by atoms with E-state index in [0.717, 1.165) is 37.2 Å². The minimum Gasteiger partial charge on any atom is -0.460 e. The lowest BCUT2D eigenvalue weighted by atomic mass is 9.31. The van der Waals surface area contributed by atoms with Crippen LogP contribution in [0.1, 0.15) is 125 Å². The van der Waals surface area contributed by atoms with Gasteiger partial charge in [-0.05, 0) is 134 Å². The Hall–Kier alpha value is -1.35. The zero-order valence-corrected chi connectivity index (χ0v) is 26.5. The Morgan fingerprint density at radius 1 is 0.775 bits per heavy atom. The SMILES string of the molecule is CC12CC[C@](C)(C(=O)OCc3ccccc3)CC1C1CC[C@H]3C(C)(CCC4C(C)(C)[C@@H](O)CC[C@@]43C)[C@]1(C)CC2. The van der Waals surface area contributed by atoms with Crippen molar-refractivity contribution >= 4 is 5.97 Å². The highest BCUT2D eigenvalue weighted by molar-refractivity contribution is 5.76. The molecule has 0 bridgehead atoms. The summed E-state index contributed by atoms with van der Waals surface area (Å²) in [5.41, 5.74) is 1.96. The fourth-order valence-corrected chi connectivity index (χ4v) is 12.2. The predicted octanol–water partition coefficient (Wildman–Crippen LogP) is 8.97. The van der Waals surface area contributed by atoms with Crippen LogP contribution in [0, 0.1) is 56.2 Å². The number of fused-ring (bicyclic) bond motifs is 7. The highest BCUT2D eigenvalue weighted by atomic mass is 16.5. The summed E-state index contributed by atoms with van der Waals surface area (Å²) in [5, 5.41) is 11.0. The summed E-state index contributed by atoms with van der Waals surface area (Å²) >= 11 is 0. The van der Waals surface area contributed by atoms with Gasteiger partial charge in [-0.1, -0.05) is 71.9 Å². The number of esters is 1. The Morgan fingerprint density at radius 3 is 2.20 bits per heavy atom. The first kappa shape index (κ1) is 28.8. The molecular weight excluding hydrogens is 492 g/mol. The molecule has 40 heavy (non-hydrogen) atoms. The summed E-state index contributed by atoms with van der Waals surface area (Å²) in [6, 6.07) is 10.1. The van der Waals surface area contributed by atoms with E-state index in [-0.39, 0.29) is 22.9 Å². The van der Waals surface area contributed by atoms with Crippen LogP contribution in [0.15, 0.2) is 30.3 Å². The Kier molecular flexibility index (Phi) is 6.70. The smallest absolute Gasteiger partial charge is 0.312 e. The van der Waals surface area contributed by atoms with Gasteiger partial charge in [-0.25, -0.2) is 0 Å². The number of aliphatic hydroxyl groups is 1. The number of hydrogen-bond donors (Lipinski definition) is 1. The van der Waals surface area contributed by atoms with Gasteiger partial charge < -0.3 is 9.84 Å². The zero-order chi connectivity index (χ0) is 28.8. The fraction of sp³-hybridized carbons (Fsp3) is 0.811. The van der Waals surface area contributed by atoms with E-state index in [0.29, 0.717) is 46.0 Å². The van der Waals surface area contributed by atoms with Gasteiger partial charge in [0.2, 0.25) is 0 Å². The Morgan fingerprint density at radius 2 is 1.48 bits per heavy atom. The lowest BCUT2D eigenvalue weighted by Gasteiger charge is -2.73. The molecule has 0 aliphatic heterocycles. The molecule has 5 aliphatic carbocycles. The van der Waals surface area contributed by atoms with Crippen molar-refractivity contribution in [1.82, 2.24) is 0 Å². The van der Waals surface area contributed by atoms with E-state index in [1.165, 1.54) is 44.9 Å². The number of hydrogen-bond acceptors (Lipinski definition) is 3. The highest BCUT2D eigenvalue weighted by Crippen LogP contribution is 2.77. The molecule has 3 nitrogen and oxygen atoms in total. The first-order valence-electron chi connectivity index (χ1n) is 16.6. The molecule has 1 aromatic carbocycles. The average Bonchev–Trinajstić information content (AvgIpc) is 2.91. The molecule has 0 amide bonds. The quantitative estimate of drug-likeness (QED) is 0.383. The van der Waals surface area contributed by atoms with Crippen LogP contribution in [0.25, 0.3) is 0 Å². The molecule has 0 radical (unpaired) electrons. The minimum absolute atomic E-state index is 0.00250. The van der Waals surface area contributed by atoms with Gasteiger partial charge >= 0.3 is 5.97 Å². The van der Waals surface area contributed by atoms with Crippen LogP contribution in [0.3, 0.4) is 0 Å². The number of carbonyl (C=O) groups excluding carboxylic acids is 1. The summed E-state index contributed by atoms with van der Waals surface area (Å²) in [7, 11) is 0. The van der Waals surface area contributed by atoms with Crippen LogP contribution in [0.4, 0.5) is 0 Å². The molecule has 6 rings (SSSR count). The summed E-state index contributed by atoms with van der Waals surface area (Å²) in [4.78, 5) is 13.6. The van der Waals surface area contributed by atoms with Crippen molar-refractivity contribution in [3.05, 3.63) is 35.9 Å². The predicted molar refractivity (Wildman–Crippen MR) is 161 cm³/mol. The van der Waals surface area contributed by atoms with Gasteiger partial charge in [0, 0.05) is 0 Å². The second-order valence-electron chi connectivity index (χ2n) is 17.1. The number of carbonyl (C=O) groups is 1. The van der Waals surface area contributed by atoms with Gasteiger partial charge in [-0.15, -0.1) is 0 Å². The first-order valence-corrected chi connectivity index (χ1v) is 16.6. The average molecular weight is 549 g/mol. The first-order chi connectivity index (χ1) is 18.7. The van der Waals surface area contributed by atoms with Crippen molar-refractivity contribution in [2.45, 2.75) is 132 Å². The van der Waals surface area contributed by atoms with E-state index in [1.54, 1.807) is 0 Å². The van der Waals surface area contributed by atoms with Crippen molar-refractivity contribution in [3.8, 4) is 0 Å². The molecule has 222 valence electrons. The van der Waals surface area contributed by atoms with Gasteiger partial charge in [-0.2, -0.15) is 0 Å². The number of rotatable bonds is 3. The van der Waals surface area contributed by atoms with E-state index in [9.17, 15) is 9.90 Å². The third kappa shape index (κ3) is 3.95. The molecule has 0 aromatic heterocycles. The van der Waals surface area contributed by atoms with Crippen LogP contribution in [0.5, 0.6) is 0 Å². The van der Waals surface area contributed by atoms with Gasteiger partial charge in [-0.3, -0.25) is 4.79 Å². The van der Waals surface area contributed by atoms with E-state index in [4.69, 9.17) is 4.74 Å². The van der Waals surface area contributed by atoms with Crippen LogP contribution in [0.2, 0.25) is 0 Å². The molecule has 5 fully saturated rings. The molecule has 0 heterocycles. The lowest BCUT2D eigenvalue weighted by molar-refractivity contribution is -0.253. The molecule has 10 atom stereocenters. The van der Waals surface area contributed by atoms with Crippen molar-refractivity contribution in [1.29, 1.82) is 0 Å². The standard InChI is InChI=1S/C37H56O3/c1-32(2)28-15-18-37(7)29(35(28,5)17-16-30(32)38)14-13-26-27-23-34(4,20-19-33(27,3)21-22-36(26,37)6)31(39)40-24-25-11-9-8-10-12-25/h8-12,26-30,38H,13-24H2,1-7H3/t26?,27?,28?,29-,30+,33?,34+,35+,36-,37?/m1/s1. The molecule has 1 N–H and O–H groups in total. The molecule has 5 aliphatic rings. The summed E-state index contributed by atoms with van der Waals surface area (Å²) in [5.74, 6) is 2.61. The van der Waals surface area contributed by atoms with E-state index < -0.39 is 0 Å². The molecule has 0 spiro atoms. The van der Waals surface area contributed by atoms with E-state index in [1.807, 2.05) is 30.3 Å². The summed E-state index contributed by atoms with van der Waals surface area (Å²) in [6.45, 7) is 17.8. The lowest BCUT2D eigenvalue weighted by Crippen LogP contribution is -2.67. The molecule has 1 aromatic rings. The molecular formula is C37H56O3. The largest absolute Gasteiger partial charge is 0.460 e. The van der Waals surface area contributed by atoms with E-state index in [2.05, 4.69) is 48.5 Å². The van der Waals surface area contributed by atoms with Crippen LogP contribution < -0.4 is 0 Å². The fourth-order valence-electron chi connectivity index (χ4n) is 12.2. The third-order valence-corrected chi connectivity index (χ3v) is 15.1. The Bertz CT molecular complexity index is 1130. The number of aliphatic hydroxyl groups excluding tert-OH is 1. The summed E-state index contributed by atoms with van der Waals surface area (Å²) < 4.78 is 5.99. The molecule has 5 saturated carbocycles. The number of benzene rings is 1. The maximum Gasteiger partial charge on any atom is 0.312 e. The third-order valence-electron chi connectivity index (χ3n) is 15.1. The second-order valence-corrected chi connectivity index (χ2v) is 17.1. The van der Waals surface area contributed by atoms with Crippen LogP contribution in [-0.2, 0) is 16.1 Å². The highest BCUT2D eigenvalue weighted by Gasteiger charge is 2.70. The maximum absolute atomic E-state index is 13.6. The number of ether oxygens (including phenoxy) is 1. The zero-order valence-electron chi connectivity index (χ0n) is 26.5. The minimum atomic E-state index is -0.387.